The molecule has 1 heterocycles. The molecule has 2 N–H and O–H groups in total. The number of pyridine rings is 1. The van der Waals surface area contributed by atoms with E-state index in [2.05, 4.69) is 26.2 Å². The summed E-state index contributed by atoms with van der Waals surface area (Å²) in [5.41, 5.74) is 0. The fourth-order valence-electron chi connectivity index (χ4n) is 0.719. The molecule has 0 atom stereocenters. The van der Waals surface area contributed by atoms with Crippen molar-refractivity contribution in [1.82, 2.24) is 4.98 Å². The summed E-state index contributed by atoms with van der Waals surface area (Å²) in [4.78, 5) is 3.77. The van der Waals surface area contributed by atoms with Crippen LogP contribution in [0, 0.1) is 5.82 Å². The summed E-state index contributed by atoms with van der Waals surface area (Å²) in [6.07, 6.45) is 1.49. The van der Waals surface area contributed by atoms with Crippen molar-refractivity contribution >= 4 is 21.7 Å². The quantitative estimate of drug-likeness (QED) is 0.831. The molecular weight excluding hydrogens is 227 g/mol. The lowest BCUT2D eigenvalue weighted by atomic mass is 10.4. The molecule has 0 unspecified atom stereocenters. The number of aliphatic hydroxyl groups is 1. The van der Waals surface area contributed by atoms with Gasteiger partial charge in [0.25, 0.3) is 0 Å². The Balaban J connectivity index is 2.72. The predicted octanol–water partition coefficient (Wildman–Crippen LogP) is 1.39. The van der Waals surface area contributed by atoms with E-state index in [1.165, 1.54) is 12.3 Å². The van der Waals surface area contributed by atoms with E-state index in [4.69, 9.17) is 5.11 Å². The Morgan fingerprint density at radius 2 is 2.42 bits per heavy atom. The lowest BCUT2D eigenvalue weighted by Crippen LogP contribution is -2.08. The third kappa shape index (κ3) is 2.42. The number of hydrogen-bond donors (Lipinski definition) is 2. The average Bonchev–Trinajstić information content (AvgIpc) is 2.03. The smallest absolute Gasteiger partial charge is 0.166 e. The van der Waals surface area contributed by atoms with Crippen molar-refractivity contribution in [2.24, 2.45) is 0 Å². The molecule has 12 heavy (non-hydrogen) atoms. The van der Waals surface area contributed by atoms with Gasteiger partial charge in [0.1, 0.15) is 0 Å². The Kier molecular flexibility index (Phi) is 3.43. The molecule has 0 saturated heterocycles. The van der Waals surface area contributed by atoms with E-state index in [0.717, 1.165) is 0 Å². The van der Waals surface area contributed by atoms with Crippen LogP contribution in [-0.2, 0) is 0 Å². The first kappa shape index (κ1) is 9.41. The van der Waals surface area contributed by atoms with E-state index in [1.807, 2.05) is 0 Å². The summed E-state index contributed by atoms with van der Waals surface area (Å²) < 4.78 is 13.5. The molecule has 0 bridgehead atoms. The van der Waals surface area contributed by atoms with Gasteiger partial charge in [-0.1, -0.05) is 0 Å². The Bertz CT molecular complexity index is 270. The van der Waals surface area contributed by atoms with Crippen LogP contribution >= 0.6 is 15.9 Å². The molecule has 1 aromatic heterocycles. The van der Waals surface area contributed by atoms with E-state index >= 15 is 0 Å². The largest absolute Gasteiger partial charge is 0.395 e. The summed E-state index contributed by atoms with van der Waals surface area (Å²) in [6.45, 7) is 0.253. The van der Waals surface area contributed by atoms with Crippen molar-refractivity contribution in [3.63, 3.8) is 0 Å². The molecule has 66 valence electrons. The van der Waals surface area contributed by atoms with Crippen molar-refractivity contribution in [3.8, 4) is 0 Å². The summed E-state index contributed by atoms with van der Waals surface area (Å²) in [5, 5.41) is 11.1. The van der Waals surface area contributed by atoms with Crippen LogP contribution in [0.3, 0.4) is 0 Å². The van der Waals surface area contributed by atoms with Gasteiger partial charge < -0.3 is 10.4 Å². The zero-order chi connectivity index (χ0) is 8.97. The van der Waals surface area contributed by atoms with Gasteiger partial charge in [0, 0.05) is 17.2 Å². The van der Waals surface area contributed by atoms with Crippen molar-refractivity contribution in [3.05, 3.63) is 22.6 Å². The number of rotatable bonds is 3. The molecule has 3 nitrogen and oxygen atoms in total. The zero-order valence-electron chi connectivity index (χ0n) is 6.22. The maximum Gasteiger partial charge on any atom is 0.166 e. The highest BCUT2D eigenvalue weighted by molar-refractivity contribution is 9.10. The fourth-order valence-corrected chi connectivity index (χ4v) is 1.02. The van der Waals surface area contributed by atoms with Crippen molar-refractivity contribution in [1.29, 1.82) is 0 Å². The highest BCUT2D eigenvalue weighted by Crippen LogP contribution is 2.15. The van der Waals surface area contributed by atoms with Gasteiger partial charge in [-0.3, -0.25) is 0 Å². The molecule has 1 rings (SSSR count). The molecule has 1 aromatic rings. The minimum atomic E-state index is -0.433. The number of aliphatic hydroxyl groups excluding tert-OH is 1. The third-order valence-corrected chi connectivity index (χ3v) is 1.65. The highest BCUT2D eigenvalue weighted by Gasteiger charge is 2.02. The summed E-state index contributed by atoms with van der Waals surface area (Å²) in [7, 11) is 0. The summed E-state index contributed by atoms with van der Waals surface area (Å²) in [5.74, 6) is -0.273. The standard InChI is InChI=1S/C7H8BrFN2O/c8-5-3-6(9)7(11-4-5)10-1-2-12/h3-4,12H,1-2H2,(H,10,11). The molecule has 5 heteroatoms. The Hall–Kier alpha value is -0.680. The van der Waals surface area contributed by atoms with Crippen LogP contribution in [0.4, 0.5) is 10.2 Å². The molecule has 0 aromatic carbocycles. The number of aromatic nitrogens is 1. The summed E-state index contributed by atoms with van der Waals surface area (Å²) >= 11 is 3.08. The molecule has 0 saturated carbocycles. The molecular formula is C7H8BrFN2O. The zero-order valence-corrected chi connectivity index (χ0v) is 7.81. The van der Waals surface area contributed by atoms with Gasteiger partial charge in [-0.05, 0) is 22.0 Å². The van der Waals surface area contributed by atoms with Crippen LogP contribution < -0.4 is 5.32 Å². The van der Waals surface area contributed by atoms with Crippen LogP contribution in [0.2, 0.25) is 0 Å². The number of hydrogen-bond acceptors (Lipinski definition) is 3. The normalized spacial score (nSPS) is 9.92. The van der Waals surface area contributed by atoms with Crippen LogP contribution in [0.5, 0.6) is 0 Å². The van der Waals surface area contributed by atoms with Crippen molar-refractivity contribution in [2.45, 2.75) is 0 Å². The van der Waals surface area contributed by atoms with Gasteiger partial charge in [-0.15, -0.1) is 0 Å². The molecule has 0 aliphatic carbocycles. The number of halogens is 2. The van der Waals surface area contributed by atoms with E-state index < -0.39 is 5.82 Å². The summed E-state index contributed by atoms with van der Waals surface area (Å²) in [6, 6.07) is 1.31. The topological polar surface area (TPSA) is 45.1 Å². The highest BCUT2D eigenvalue weighted by atomic mass is 79.9. The van der Waals surface area contributed by atoms with Gasteiger partial charge in [0.2, 0.25) is 0 Å². The second-order valence-corrected chi connectivity index (χ2v) is 3.05. The van der Waals surface area contributed by atoms with E-state index in [9.17, 15) is 4.39 Å². The first-order chi connectivity index (χ1) is 5.74. The molecule has 0 amide bonds. The number of anilines is 1. The minimum Gasteiger partial charge on any atom is -0.395 e. The average molecular weight is 235 g/mol. The number of nitrogens with one attached hydrogen (secondary N) is 1. The Labute approximate surface area is 77.8 Å². The van der Waals surface area contributed by atoms with E-state index in [1.54, 1.807) is 0 Å². The van der Waals surface area contributed by atoms with Gasteiger partial charge in [0.15, 0.2) is 11.6 Å². The molecule has 0 radical (unpaired) electrons. The second kappa shape index (κ2) is 4.37. The third-order valence-electron chi connectivity index (χ3n) is 1.21. The predicted molar refractivity (Wildman–Crippen MR) is 47.5 cm³/mol. The minimum absolute atomic E-state index is 0.0445. The van der Waals surface area contributed by atoms with Gasteiger partial charge in [-0.2, -0.15) is 0 Å². The van der Waals surface area contributed by atoms with Crippen LogP contribution in [0.15, 0.2) is 16.7 Å². The second-order valence-electron chi connectivity index (χ2n) is 2.13. The van der Waals surface area contributed by atoms with Crippen LogP contribution in [0.25, 0.3) is 0 Å². The first-order valence-corrected chi connectivity index (χ1v) is 4.19. The first-order valence-electron chi connectivity index (χ1n) is 3.40. The van der Waals surface area contributed by atoms with E-state index in [-0.39, 0.29) is 12.4 Å². The van der Waals surface area contributed by atoms with Crippen molar-refractivity contribution < 1.29 is 9.50 Å². The van der Waals surface area contributed by atoms with Gasteiger partial charge in [0.05, 0.1) is 6.61 Å². The van der Waals surface area contributed by atoms with E-state index in [0.29, 0.717) is 11.0 Å². The van der Waals surface area contributed by atoms with Crippen LogP contribution in [0.1, 0.15) is 0 Å². The fraction of sp³-hybridized carbons (Fsp3) is 0.286. The lowest BCUT2D eigenvalue weighted by Gasteiger charge is -2.03. The molecule has 0 spiro atoms. The monoisotopic (exact) mass is 234 g/mol. The SMILES string of the molecule is OCCNc1ncc(Br)cc1F. The van der Waals surface area contributed by atoms with Crippen molar-refractivity contribution in [2.75, 3.05) is 18.5 Å². The van der Waals surface area contributed by atoms with Gasteiger partial charge in [-0.25, -0.2) is 9.37 Å². The van der Waals surface area contributed by atoms with Crippen LogP contribution in [-0.4, -0.2) is 23.2 Å². The Morgan fingerprint density at radius 3 is 3.00 bits per heavy atom. The molecule has 0 fully saturated rings. The maximum atomic E-state index is 12.9. The molecule has 0 aliphatic rings. The molecule has 0 aliphatic heterocycles. The lowest BCUT2D eigenvalue weighted by molar-refractivity contribution is 0.310. The number of nitrogens with zero attached hydrogens (tertiary/aromatic N) is 1. The Morgan fingerprint density at radius 1 is 1.67 bits per heavy atom. The maximum absolute atomic E-state index is 12.9. The van der Waals surface area contributed by atoms with Gasteiger partial charge >= 0.3 is 0 Å².